The van der Waals surface area contributed by atoms with Crippen molar-refractivity contribution in [2.75, 3.05) is 0 Å². The molecule has 2 aromatic heterocycles. The molecule has 0 saturated carbocycles. The summed E-state index contributed by atoms with van der Waals surface area (Å²) in [6.45, 7) is 0. The number of amides is 1. The minimum atomic E-state index is -0.540. The summed E-state index contributed by atoms with van der Waals surface area (Å²) >= 11 is 0. The molecular formula is C11H9N5O2. The number of para-hydroxylation sites is 1. The third-order valence-electron chi connectivity index (χ3n) is 2.71. The number of nitrogens with two attached hydrogens (primary N) is 1. The Labute approximate surface area is 100 Å². The van der Waals surface area contributed by atoms with E-state index in [4.69, 9.17) is 5.84 Å². The van der Waals surface area contributed by atoms with Crippen LogP contribution in [0.3, 0.4) is 0 Å². The Hall–Kier alpha value is -2.67. The number of carbonyl (C=O) groups excluding carboxylic acids is 1. The second kappa shape index (κ2) is 3.67. The molecule has 3 aromatic rings. The highest BCUT2D eigenvalue weighted by Crippen LogP contribution is 2.16. The first-order chi connectivity index (χ1) is 8.70. The molecule has 0 aliphatic carbocycles. The summed E-state index contributed by atoms with van der Waals surface area (Å²) in [5.74, 6) is 4.50. The van der Waals surface area contributed by atoms with Gasteiger partial charge in [-0.05, 0) is 12.1 Å². The van der Waals surface area contributed by atoms with Gasteiger partial charge in [-0.25, -0.2) is 10.6 Å². The van der Waals surface area contributed by atoms with Crippen LogP contribution in [-0.2, 0) is 0 Å². The highest BCUT2D eigenvalue weighted by Gasteiger charge is 2.13. The quantitative estimate of drug-likeness (QED) is 0.312. The number of carbonyl (C=O) groups is 1. The molecule has 7 heteroatoms. The molecule has 18 heavy (non-hydrogen) atoms. The fourth-order valence-corrected chi connectivity index (χ4v) is 1.90. The lowest BCUT2D eigenvalue weighted by Gasteiger charge is -1.98. The third kappa shape index (κ3) is 1.38. The smallest absolute Gasteiger partial charge is 0.305 e. The van der Waals surface area contributed by atoms with Crippen LogP contribution in [0.25, 0.3) is 16.4 Å². The fourth-order valence-electron chi connectivity index (χ4n) is 1.90. The highest BCUT2D eigenvalue weighted by molar-refractivity contribution is 5.98. The van der Waals surface area contributed by atoms with E-state index in [2.05, 4.69) is 10.1 Å². The molecule has 0 atom stereocenters. The molecule has 7 nitrogen and oxygen atoms in total. The van der Waals surface area contributed by atoms with Crippen LogP contribution in [0.4, 0.5) is 0 Å². The number of H-pyrrole nitrogens is 1. The molecule has 0 aliphatic rings. The standard InChI is InChI=1S/C11H9N5O2/c12-14-10(17)8-5-9-6-3-1-2-4-7(6)13-11(18)16(9)15-8/h1-5H,12H2,(H,13,18)(H,14,17). The number of hydrogen-bond acceptors (Lipinski definition) is 4. The topological polar surface area (TPSA) is 105 Å². The first-order valence-electron chi connectivity index (χ1n) is 5.22. The van der Waals surface area contributed by atoms with Crippen molar-refractivity contribution in [1.82, 2.24) is 20.0 Å². The lowest BCUT2D eigenvalue weighted by molar-refractivity contribution is 0.0948. The van der Waals surface area contributed by atoms with E-state index in [9.17, 15) is 9.59 Å². The van der Waals surface area contributed by atoms with Gasteiger partial charge in [0.15, 0.2) is 5.69 Å². The maximum absolute atomic E-state index is 11.8. The third-order valence-corrected chi connectivity index (χ3v) is 2.71. The van der Waals surface area contributed by atoms with Crippen LogP contribution >= 0.6 is 0 Å². The number of hydrazine groups is 1. The second-order valence-electron chi connectivity index (χ2n) is 3.78. The number of nitrogens with zero attached hydrogens (tertiary/aromatic N) is 2. The van der Waals surface area contributed by atoms with Gasteiger partial charge in [0.25, 0.3) is 5.91 Å². The van der Waals surface area contributed by atoms with Gasteiger partial charge in [-0.1, -0.05) is 18.2 Å². The predicted octanol–water partition coefficient (Wildman–Crippen LogP) is -0.221. The van der Waals surface area contributed by atoms with Crippen molar-refractivity contribution < 1.29 is 4.79 Å². The van der Waals surface area contributed by atoms with E-state index < -0.39 is 11.6 Å². The molecule has 0 fully saturated rings. The van der Waals surface area contributed by atoms with Crippen LogP contribution < -0.4 is 17.0 Å². The molecule has 0 aliphatic heterocycles. The van der Waals surface area contributed by atoms with Gasteiger partial charge < -0.3 is 4.98 Å². The molecule has 0 unspecified atom stereocenters. The highest BCUT2D eigenvalue weighted by atomic mass is 16.2. The van der Waals surface area contributed by atoms with E-state index >= 15 is 0 Å². The fraction of sp³-hybridized carbons (Fsp3) is 0. The number of nitrogens with one attached hydrogen (secondary N) is 2. The number of aromatic nitrogens is 3. The van der Waals surface area contributed by atoms with Crippen molar-refractivity contribution in [3.8, 4) is 0 Å². The molecule has 0 radical (unpaired) electrons. The van der Waals surface area contributed by atoms with Crippen molar-refractivity contribution in [2.45, 2.75) is 0 Å². The number of aromatic amines is 1. The summed E-state index contributed by atoms with van der Waals surface area (Å²) in [4.78, 5) is 25.9. The maximum atomic E-state index is 11.8. The first kappa shape index (κ1) is 10.5. The van der Waals surface area contributed by atoms with Crippen LogP contribution in [0.1, 0.15) is 10.5 Å². The second-order valence-corrected chi connectivity index (χ2v) is 3.78. The van der Waals surface area contributed by atoms with Crippen LogP contribution in [0.5, 0.6) is 0 Å². The molecule has 0 bridgehead atoms. The average molecular weight is 243 g/mol. The van der Waals surface area contributed by atoms with Crippen LogP contribution in [0.2, 0.25) is 0 Å². The Morgan fingerprint density at radius 3 is 2.94 bits per heavy atom. The number of rotatable bonds is 1. The Balaban J connectivity index is 2.45. The maximum Gasteiger partial charge on any atom is 0.347 e. The number of benzene rings is 1. The molecule has 2 heterocycles. The van der Waals surface area contributed by atoms with E-state index in [0.717, 1.165) is 9.90 Å². The SMILES string of the molecule is NNC(=O)c1cc2c3ccccc3[nH]c(=O)n2n1. The van der Waals surface area contributed by atoms with Crippen molar-refractivity contribution in [1.29, 1.82) is 0 Å². The van der Waals surface area contributed by atoms with E-state index in [1.807, 2.05) is 23.6 Å². The van der Waals surface area contributed by atoms with Crippen molar-refractivity contribution in [3.63, 3.8) is 0 Å². The predicted molar refractivity (Wildman–Crippen MR) is 65.0 cm³/mol. The van der Waals surface area contributed by atoms with Crippen molar-refractivity contribution in [2.24, 2.45) is 5.84 Å². The van der Waals surface area contributed by atoms with E-state index in [1.54, 1.807) is 6.07 Å². The Kier molecular flexibility index (Phi) is 2.14. The summed E-state index contributed by atoms with van der Waals surface area (Å²) in [6, 6.07) is 8.81. The van der Waals surface area contributed by atoms with Gasteiger partial charge in [-0.2, -0.15) is 9.61 Å². The van der Waals surface area contributed by atoms with Crippen molar-refractivity contribution in [3.05, 3.63) is 46.5 Å². The van der Waals surface area contributed by atoms with Gasteiger partial charge in [-0.15, -0.1) is 0 Å². The molecular weight excluding hydrogens is 234 g/mol. The molecule has 0 spiro atoms. The number of hydrogen-bond donors (Lipinski definition) is 3. The van der Waals surface area contributed by atoms with Gasteiger partial charge in [0.1, 0.15) is 0 Å². The van der Waals surface area contributed by atoms with Gasteiger partial charge >= 0.3 is 5.69 Å². The van der Waals surface area contributed by atoms with Crippen LogP contribution in [0, 0.1) is 0 Å². The van der Waals surface area contributed by atoms with Crippen molar-refractivity contribution >= 4 is 22.3 Å². The van der Waals surface area contributed by atoms with Gasteiger partial charge in [-0.3, -0.25) is 10.2 Å². The Bertz CT molecular complexity index is 817. The lowest BCUT2D eigenvalue weighted by Crippen LogP contribution is -2.30. The van der Waals surface area contributed by atoms with E-state index in [1.165, 1.54) is 6.07 Å². The molecule has 1 aromatic carbocycles. The number of fused-ring (bicyclic) bond motifs is 3. The zero-order valence-electron chi connectivity index (χ0n) is 9.18. The van der Waals surface area contributed by atoms with Gasteiger partial charge in [0.2, 0.25) is 0 Å². The normalized spacial score (nSPS) is 10.9. The molecule has 1 amide bonds. The summed E-state index contributed by atoms with van der Waals surface area (Å²) in [5.41, 5.74) is 2.93. The molecule has 3 rings (SSSR count). The lowest BCUT2D eigenvalue weighted by atomic mass is 10.2. The van der Waals surface area contributed by atoms with Gasteiger partial charge in [0.05, 0.1) is 11.0 Å². The Morgan fingerprint density at radius 1 is 1.39 bits per heavy atom. The zero-order chi connectivity index (χ0) is 12.7. The minimum Gasteiger partial charge on any atom is -0.305 e. The largest absolute Gasteiger partial charge is 0.347 e. The average Bonchev–Trinajstić information content (AvgIpc) is 2.84. The monoisotopic (exact) mass is 243 g/mol. The summed E-state index contributed by atoms with van der Waals surface area (Å²) < 4.78 is 1.15. The first-order valence-corrected chi connectivity index (χ1v) is 5.22. The molecule has 0 saturated heterocycles. The van der Waals surface area contributed by atoms with Gasteiger partial charge in [0, 0.05) is 5.39 Å². The Morgan fingerprint density at radius 2 is 2.17 bits per heavy atom. The van der Waals surface area contributed by atoms with E-state index in [-0.39, 0.29) is 5.69 Å². The van der Waals surface area contributed by atoms with Crippen LogP contribution in [0.15, 0.2) is 35.1 Å². The number of nitrogen functional groups attached to an aromatic ring is 1. The zero-order valence-corrected chi connectivity index (χ0v) is 9.18. The minimum absolute atomic E-state index is 0.0966. The van der Waals surface area contributed by atoms with E-state index in [0.29, 0.717) is 11.0 Å². The molecule has 4 N–H and O–H groups in total. The summed E-state index contributed by atoms with van der Waals surface area (Å²) in [6.07, 6.45) is 0. The van der Waals surface area contributed by atoms with Crippen LogP contribution in [-0.4, -0.2) is 20.5 Å². The molecule has 90 valence electrons. The summed E-state index contributed by atoms with van der Waals surface area (Å²) in [7, 11) is 0. The summed E-state index contributed by atoms with van der Waals surface area (Å²) in [5, 5.41) is 4.72.